The zero-order valence-corrected chi connectivity index (χ0v) is 11.3. The molecular formula is C15H23NO2. The molecule has 0 aliphatic heterocycles. The average molecular weight is 249 g/mol. The first-order chi connectivity index (χ1) is 8.65. The Morgan fingerprint density at radius 3 is 2.56 bits per heavy atom. The van der Waals surface area contributed by atoms with E-state index in [4.69, 9.17) is 5.11 Å². The van der Waals surface area contributed by atoms with Gasteiger partial charge in [0.1, 0.15) is 0 Å². The molecule has 0 radical (unpaired) electrons. The van der Waals surface area contributed by atoms with Crippen molar-refractivity contribution in [2.24, 2.45) is 0 Å². The van der Waals surface area contributed by atoms with Crippen LogP contribution in [0.15, 0.2) is 18.2 Å². The third-order valence-corrected chi connectivity index (χ3v) is 3.00. The van der Waals surface area contributed by atoms with Gasteiger partial charge in [0.25, 0.3) is 5.91 Å². The number of carbonyl (C=O) groups excluding carboxylic acids is 1. The summed E-state index contributed by atoms with van der Waals surface area (Å²) in [5, 5.41) is 11.6. The first-order valence-corrected chi connectivity index (χ1v) is 6.61. The van der Waals surface area contributed by atoms with E-state index in [1.165, 1.54) is 5.56 Å². The molecule has 0 heterocycles. The third kappa shape index (κ3) is 4.88. The Morgan fingerprint density at radius 1 is 1.17 bits per heavy atom. The van der Waals surface area contributed by atoms with Crippen molar-refractivity contribution >= 4 is 5.91 Å². The van der Waals surface area contributed by atoms with E-state index in [0.29, 0.717) is 6.54 Å². The Labute approximate surface area is 109 Å². The smallest absolute Gasteiger partial charge is 0.251 e. The van der Waals surface area contributed by atoms with Gasteiger partial charge in [0.2, 0.25) is 0 Å². The largest absolute Gasteiger partial charge is 0.396 e. The average Bonchev–Trinajstić information content (AvgIpc) is 2.33. The number of hydrogen-bond donors (Lipinski definition) is 2. The summed E-state index contributed by atoms with van der Waals surface area (Å²) in [6.45, 7) is 4.95. The highest BCUT2D eigenvalue weighted by Gasteiger charge is 2.07. The molecule has 0 aromatic heterocycles. The number of carbonyl (C=O) groups is 1. The summed E-state index contributed by atoms with van der Waals surface area (Å²) < 4.78 is 0. The zero-order chi connectivity index (χ0) is 13.4. The molecule has 1 aromatic rings. The molecule has 1 amide bonds. The number of nitrogens with one attached hydrogen (secondary N) is 1. The van der Waals surface area contributed by atoms with E-state index in [1.54, 1.807) is 0 Å². The van der Waals surface area contributed by atoms with Crippen LogP contribution < -0.4 is 5.32 Å². The summed E-state index contributed by atoms with van der Waals surface area (Å²) >= 11 is 0. The summed E-state index contributed by atoms with van der Waals surface area (Å²) in [7, 11) is 0. The Bertz CT molecular complexity index is 388. The van der Waals surface area contributed by atoms with Crippen molar-refractivity contribution in [3.05, 3.63) is 34.9 Å². The SMILES string of the molecule is Cc1ccc(C(=O)NCCCCCCO)c(C)c1. The zero-order valence-electron chi connectivity index (χ0n) is 11.3. The van der Waals surface area contributed by atoms with Crippen molar-refractivity contribution < 1.29 is 9.90 Å². The molecule has 0 unspecified atom stereocenters. The number of benzene rings is 1. The lowest BCUT2D eigenvalue weighted by molar-refractivity contribution is 0.0952. The van der Waals surface area contributed by atoms with E-state index in [0.717, 1.165) is 36.8 Å². The van der Waals surface area contributed by atoms with Crippen LogP contribution in [0.25, 0.3) is 0 Å². The Balaban J connectivity index is 2.32. The van der Waals surface area contributed by atoms with Gasteiger partial charge in [0.15, 0.2) is 0 Å². The van der Waals surface area contributed by atoms with Crippen LogP contribution in [0, 0.1) is 13.8 Å². The van der Waals surface area contributed by atoms with Crippen molar-refractivity contribution in [1.82, 2.24) is 5.32 Å². The van der Waals surface area contributed by atoms with Crippen LogP contribution in [-0.4, -0.2) is 24.2 Å². The summed E-state index contributed by atoms with van der Waals surface area (Å²) in [6, 6.07) is 5.87. The molecule has 0 spiro atoms. The van der Waals surface area contributed by atoms with Crippen LogP contribution in [0.4, 0.5) is 0 Å². The third-order valence-electron chi connectivity index (χ3n) is 3.00. The standard InChI is InChI=1S/C15H23NO2/c1-12-7-8-14(13(2)11-12)15(18)16-9-5-3-4-6-10-17/h7-8,11,17H,3-6,9-10H2,1-2H3,(H,16,18). The molecule has 18 heavy (non-hydrogen) atoms. The molecule has 2 N–H and O–H groups in total. The molecule has 1 aromatic carbocycles. The van der Waals surface area contributed by atoms with Gasteiger partial charge in [-0.25, -0.2) is 0 Å². The minimum Gasteiger partial charge on any atom is -0.396 e. The normalized spacial score (nSPS) is 10.4. The molecular weight excluding hydrogens is 226 g/mol. The molecule has 3 heteroatoms. The van der Waals surface area contributed by atoms with Gasteiger partial charge in [0.05, 0.1) is 0 Å². The van der Waals surface area contributed by atoms with Crippen LogP contribution in [0.3, 0.4) is 0 Å². The minimum atomic E-state index is 0.00894. The summed E-state index contributed by atoms with van der Waals surface area (Å²) in [5.74, 6) is 0.00894. The van der Waals surface area contributed by atoms with Crippen molar-refractivity contribution in [2.45, 2.75) is 39.5 Å². The number of hydrogen-bond acceptors (Lipinski definition) is 2. The van der Waals surface area contributed by atoms with Crippen molar-refractivity contribution in [1.29, 1.82) is 0 Å². The second-order valence-electron chi connectivity index (χ2n) is 4.71. The molecule has 0 atom stereocenters. The van der Waals surface area contributed by atoms with E-state index >= 15 is 0 Å². The predicted octanol–water partition coefficient (Wildman–Crippen LogP) is 2.59. The summed E-state index contributed by atoms with van der Waals surface area (Å²) in [5.41, 5.74) is 2.96. The summed E-state index contributed by atoms with van der Waals surface area (Å²) in [6.07, 6.45) is 3.89. The van der Waals surface area contributed by atoms with E-state index in [-0.39, 0.29) is 12.5 Å². The predicted molar refractivity (Wildman–Crippen MR) is 73.8 cm³/mol. The van der Waals surface area contributed by atoms with Crippen molar-refractivity contribution in [3.8, 4) is 0 Å². The van der Waals surface area contributed by atoms with E-state index < -0.39 is 0 Å². The highest BCUT2D eigenvalue weighted by Crippen LogP contribution is 2.10. The van der Waals surface area contributed by atoms with Crippen LogP contribution in [0.5, 0.6) is 0 Å². The van der Waals surface area contributed by atoms with Gasteiger partial charge in [-0.1, -0.05) is 30.5 Å². The van der Waals surface area contributed by atoms with Crippen molar-refractivity contribution in [2.75, 3.05) is 13.2 Å². The lowest BCUT2D eigenvalue weighted by Gasteiger charge is -2.08. The fourth-order valence-corrected chi connectivity index (χ4v) is 1.96. The van der Waals surface area contributed by atoms with Gasteiger partial charge in [-0.05, 0) is 38.3 Å². The van der Waals surface area contributed by atoms with Crippen LogP contribution in [-0.2, 0) is 0 Å². The first-order valence-electron chi connectivity index (χ1n) is 6.61. The fourth-order valence-electron chi connectivity index (χ4n) is 1.96. The Kier molecular flexibility index (Phi) is 6.44. The lowest BCUT2D eigenvalue weighted by Crippen LogP contribution is -2.25. The topological polar surface area (TPSA) is 49.3 Å². The maximum absolute atomic E-state index is 11.9. The van der Waals surface area contributed by atoms with Gasteiger partial charge >= 0.3 is 0 Å². The summed E-state index contributed by atoms with van der Waals surface area (Å²) in [4.78, 5) is 11.9. The molecule has 100 valence electrons. The molecule has 0 saturated heterocycles. The number of aliphatic hydroxyl groups excluding tert-OH is 1. The second-order valence-corrected chi connectivity index (χ2v) is 4.71. The lowest BCUT2D eigenvalue weighted by atomic mass is 10.1. The van der Waals surface area contributed by atoms with Gasteiger partial charge in [-0.3, -0.25) is 4.79 Å². The van der Waals surface area contributed by atoms with Gasteiger partial charge < -0.3 is 10.4 Å². The number of rotatable bonds is 7. The van der Waals surface area contributed by atoms with Crippen LogP contribution >= 0.6 is 0 Å². The quantitative estimate of drug-likeness (QED) is 0.730. The first kappa shape index (κ1) is 14.7. The number of aliphatic hydroxyl groups is 1. The van der Waals surface area contributed by atoms with Gasteiger partial charge in [0, 0.05) is 18.7 Å². The molecule has 0 saturated carbocycles. The molecule has 1 rings (SSSR count). The number of aryl methyl sites for hydroxylation is 2. The van der Waals surface area contributed by atoms with E-state index in [1.807, 2.05) is 32.0 Å². The van der Waals surface area contributed by atoms with Gasteiger partial charge in [-0.15, -0.1) is 0 Å². The molecule has 3 nitrogen and oxygen atoms in total. The Hall–Kier alpha value is -1.35. The van der Waals surface area contributed by atoms with E-state index in [2.05, 4.69) is 5.32 Å². The molecule has 0 aliphatic carbocycles. The maximum Gasteiger partial charge on any atom is 0.251 e. The Morgan fingerprint density at radius 2 is 1.89 bits per heavy atom. The minimum absolute atomic E-state index is 0.00894. The van der Waals surface area contributed by atoms with Gasteiger partial charge in [-0.2, -0.15) is 0 Å². The highest BCUT2D eigenvalue weighted by molar-refractivity contribution is 5.95. The molecule has 0 aliphatic rings. The second kappa shape index (κ2) is 7.88. The number of amides is 1. The van der Waals surface area contributed by atoms with Crippen LogP contribution in [0.2, 0.25) is 0 Å². The van der Waals surface area contributed by atoms with Crippen molar-refractivity contribution in [3.63, 3.8) is 0 Å². The highest BCUT2D eigenvalue weighted by atomic mass is 16.2. The molecule has 0 fully saturated rings. The fraction of sp³-hybridized carbons (Fsp3) is 0.533. The molecule has 0 bridgehead atoms. The number of unbranched alkanes of at least 4 members (excludes halogenated alkanes) is 3. The maximum atomic E-state index is 11.9. The monoisotopic (exact) mass is 249 g/mol. The van der Waals surface area contributed by atoms with Crippen LogP contribution in [0.1, 0.15) is 47.2 Å². The van der Waals surface area contributed by atoms with E-state index in [9.17, 15) is 4.79 Å².